The Bertz CT molecular complexity index is 650. The smallest absolute Gasteiger partial charge is 0.305 e. The maximum Gasteiger partial charge on any atom is 0.305 e. The van der Waals surface area contributed by atoms with E-state index in [-0.39, 0.29) is 5.97 Å². The lowest BCUT2D eigenvalue weighted by molar-refractivity contribution is -0.143. The lowest BCUT2D eigenvalue weighted by Crippen LogP contribution is -2.24. The first-order valence-electron chi connectivity index (χ1n) is 8.88. The Labute approximate surface area is 144 Å². The van der Waals surface area contributed by atoms with Crippen molar-refractivity contribution < 1.29 is 9.53 Å². The van der Waals surface area contributed by atoms with Crippen LogP contribution in [0.1, 0.15) is 43.7 Å². The molecule has 0 N–H and O–H groups in total. The van der Waals surface area contributed by atoms with E-state index in [4.69, 9.17) is 4.74 Å². The minimum Gasteiger partial charge on any atom is -0.466 e. The Balaban J connectivity index is 1.62. The molecule has 0 aliphatic carbocycles. The van der Waals surface area contributed by atoms with E-state index >= 15 is 0 Å². The number of esters is 1. The Kier molecular flexibility index (Phi) is 5.52. The summed E-state index contributed by atoms with van der Waals surface area (Å²) < 4.78 is 4.98. The summed E-state index contributed by atoms with van der Waals surface area (Å²) in [6.07, 6.45) is 4.55. The molecule has 0 atom stereocenters. The summed E-state index contributed by atoms with van der Waals surface area (Å²) in [7, 11) is 0. The average Bonchev–Trinajstić information content (AvgIpc) is 2.61. The molecule has 0 saturated carbocycles. The summed E-state index contributed by atoms with van der Waals surface area (Å²) >= 11 is 0. The predicted molar refractivity (Wildman–Crippen MR) is 97.8 cm³/mol. The van der Waals surface area contributed by atoms with Crippen LogP contribution in [0.25, 0.3) is 0 Å². The number of hydrogen-bond donors (Lipinski definition) is 0. The van der Waals surface area contributed by atoms with Crippen LogP contribution in [0.3, 0.4) is 0 Å². The van der Waals surface area contributed by atoms with Gasteiger partial charge in [-0.15, -0.1) is 0 Å². The van der Waals surface area contributed by atoms with Gasteiger partial charge in [-0.05, 0) is 43.0 Å². The molecule has 1 aliphatic heterocycles. The van der Waals surface area contributed by atoms with Crippen LogP contribution in [0, 0.1) is 0 Å². The van der Waals surface area contributed by atoms with E-state index in [2.05, 4.69) is 53.4 Å². The standard InChI is InChI=1S/C21H25NO2/c1-2-24-21(23)14-4-3-9-15-22-19-12-7-5-10-17(19)16-18-11-6-8-13-20(18)22/h5-8,10-13H,2-4,9,14-16H2,1H3. The molecule has 0 bridgehead atoms. The van der Waals surface area contributed by atoms with Gasteiger partial charge in [0.05, 0.1) is 6.61 Å². The molecule has 1 heterocycles. The molecule has 0 fully saturated rings. The topological polar surface area (TPSA) is 29.5 Å². The van der Waals surface area contributed by atoms with E-state index in [0.717, 1.165) is 32.2 Å². The van der Waals surface area contributed by atoms with Gasteiger partial charge in [-0.3, -0.25) is 4.79 Å². The number of anilines is 2. The number of fused-ring (bicyclic) bond motifs is 2. The Morgan fingerprint density at radius 1 is 0.958 bits per heavy atom. The maximum atomic E-state index is 11.4. The van der Waals surface area contributed by atoms with Gasteiger partial charge >= 0.3 is 5.97 Å². The van der Waals surface area contributed by atoms with E-state index < -0.39 is 0 Å². The number of carbonyl (C=O) groups is 1. The maximum absolute atomic E-state index is 11.4. The summed E-state index contributed by atoms with van der Waals surface area (Å²) in [5.41, 5.74) is 5.42. The lowest BCUT2D eigenvalue weighted by atomic mass is 9.95. The second-order valence-electron chi connectivity index (χ2n) is 6.20. The molecule has 24 heavy (non-hydrogen) atoms. The fourth-order valence-corrected chi connectivity index (χ4v) is 3.37. The molecule has 3 rings (SSSR count). The highest BCUT2D eigenvalue weighted by Gasteiger charge is 2.21. The molecule has 3 nitrogen and oxygen atoms in total. The van der Waals surface area contributed by atoms with E-state index in [9.17, 15) is 4.79 Å². The minimum atomic E-state index is -0.0776. The summed E-state index contributed by atoms with van der Waals surface area (Å²) in [6, 6.07) is 17.3. The molecular weight excluding hydrogens is 298 g/mol. The van der Waals surface area contributed by atoms with Crippen LogP contribution in [0.15, 0.2) is 48.5 Å². The van der Waals surface area contributed by atoms with Crippen LogP contribution in [0.5, 0.6) is 0 Å². The summed E-state index contributed by atoms with van der Waals surface area (Å²) in [5, 5.41) is 0. The zero-order valence-corrected chi connectivity index (χ0v) is 14.3. The fraction of sp³-hybridized carbons (Fsp3) is 0.381. The van der Waals surface area contributed by atoms with Crippen molar-refractivity contribution in [2.45, 2.75) is 39.0 Å². The van der Waals surface area contributed by atoms with Crippen LogP contribution in [0.2, 0.25) is 0 Å². The number of unbranched alkanes of at least 4 members (excludes halogenated alkanes) is 2. The minimum absolute atomic E-state index is 0.0776. The number of benzene rings is 2. The second-order valence-corrected chi connectivity index (χ2v) is 6.20. The largest absolute Gasteiger partial charge is 0.466 e. The second kappa shape index (κ2) is 8.00. The first-order valence-corrected chi connectivity index (χ1v) is 8.88. The Hall–Kier alpha value is -2.29. The van der Waals surface area contributed by atoms with Crippen molar-refractivity contribution in [3.05, 3.63) is 59.7 Å². The van der Waals surface area contributed by atoms with Gasteiger partial charge in [0, 0.05) is 30.8 Å². The van der Waals surface area contributed by atoms with Crippen LogP contribution in [-0.2, 0) is 16.0 Å². The Morgan fingerprint density at radius 2 is 1.58 bits per heavy atom. The van der Waals surface area contributed by atoms with Gasteiger partial charge in [-0.2, -0.15) is 0 Å². The first-order chi connectivity index (χ1) is 11.8. The van der Waals surface area contributed by atoms with Crippen molar-refractivity contribution in [2.75, 3.05) is 18.1 Å². The van der Waals surface area contributed by atoms with Gasteiger partial charge in [0.2, 0.25) is 0 Å². The molecule has 0 unspecified atom stereocenters. The van der Waals surface area contributed by atoms with Gasteiger partial charge < -0.3 is 9.64 Å². The highest BCUT2D eigenvalue weighted by molar-refractivity contribution is 5.74. The highest BCUT2D eigenvalue weighted by Crippen LogP contribution is 2.38. The molecular formula is C21H25NO2. The molecule has 0 saturated heterocycles. The summed E-state index contributed by atoms with van der Waals surface area (Å²) in [6.45, 7) is 3.31. The number of ether oxygens (including phenoxy) is 1. The van der Waals surface area contributed by atoms with Crippen molar-refractivity contribution in [1.82, 2.24) is 0 Å². The summed E-state index contributed by atoms with van der Waals surface area (Å²) in [5.74, 6) is -0.0776. The van der Waals surface area contributed by atoms with Gasteiger partial charge in [0.1, 0.15) is 0 Å². The van der Waals surface area contributed by atoms with Crippen LogP contribution in [-0.4, -0.2) is 19.1 Å². The third-order valence-electron chi connectivity index (χ3n) is 4.51. The number of rotatable bonds is 7. The fourth-order valence-electron chi connectivity index (χ4n) is 3.37. The number of para-hydroxylation sites is 2. The van der Waals surface area contributed by atoms with Crippen LogP contribution < -0.4 is 4.90 Å². The SMILES string of the molecule is CCOC(=O)CCCCCN1c2ccccc2Cc2ccccc21. The molecule has 126 valence electrons. The molecule has 3 heteroatoms. The van der Waals surface area contributed by atoms with Crippen LogP contribution in [0.4, 0.5) is 11.4 Å². The third kappa shape index (κ3) is 3.78. The van der Waals surface area contributed by atoms with Gasteiger partial charge in [0.15, 0.2) is 0 Å². The summed E-state index contributed by atoms with van der Waals surface area (Å²) in [4.78, 5) is 13.8. The normalized spacial score (nSPS) is 12.5. The molecule has 2 aromatic rings. The third-order valence-corrected chi connectivity index (χ3v) is 4.51. The zero-order valence-electron chi connectivity index (χ0n) is 14.3. The number of nitrogens with zero attached hydrogens (tertiary/aromatic N) is 1. The molecule has 0 radical (unpaired) electrons. The molecule has 0 spiro atoms. The Morgan fingerprint density at radius 3 is 2.21 bits per heavy atom. The number of carbonyl (C=O) groups excluding carboxylic acids is 1. The van der Waals surface area contributed by atoms with E-state index in [1.165, 1.54) is 22.5 Å². The van der Waals surface area contributed by atoms with Crippen molar-refractivity contribution in [2.24, 2.45) is 0 Å². The molecule has 0 amide bonds. The van der Waals surface area contributed by atoms with Crippen LogP contribution >= 0.6 is 0 Å². The van der Waals surface area contributed by atoms with E-state index in [1.54, 1.807) is 0 Å². The quantitative estimate of drug-likeness (QED) is 0.539. The molecule has 2 aromatic carbocycles. The van der Waals surface area contributed by atoms with Crippen molar-refractivity contribution in [1.29, 1.82) is 0 Å². The van der Waals surface area contributed by atoms with Crippen molar-refractivity contribution >= 4 is 17.3 Å². The van der Waals surface area contributed by atoms with Crippen molar-refractivity contribution in [3.8, 4) is 0 Å². The van der Waals surface area contributed by atoms with E-state index in [0.29, 0.717) is 13.0 Å². The number of hydrogen-bond acceptors (Lipinski definition) is 3. The highest BCUT2D eigenvalue weighted by atomic mass is 16.5. The zero-order chi connectivity index (χ0) is 16.8. The monoisotopic (exact) mass is 323 g/mol. The van der Waals surface area contributed by atoms with Gasteiger partial charge in [-0.25, -0.2) is 0 Å². The predicted octanol–water partition coefficient (Wildman–Crippen LogP) is 4.85. The lowest BCUT2D eigenvalue weighted by Gasteiger charge is -2.33. The first kappa shape index (κ1) is 16.6. The average molecular weight is 323 g/mol. The van der Waals surface area contributed by atoms with Gasteiger partial charge in [0.25, 0.3) is 0 Å². The van der Waals surface area contributed by atoms with Crippen molar-refractivity contribution in [3.63, 3.8) is 0 Å². The molecule has 0 aromatic heterocycles. The van der Waals surface area contributed by atoms with E-state index in [1.807, 2.05) is 6.92 Å². The van der Waals surface area contributed by atoms with Gasteiger partial charge in [-0.1, -0.05) is 42.8 Å². The molecule has 1 aliphatic rings.